The molecule has 420 valence electrons. The number of hydrogen-bond donors (Lipinski definition) is 0. The smallest absolute Gasteiger partial charge is 1.00 e. The summed E-state index contributed by atoms with van der Waals surface area (Å²) in [5.74, 6) is 0. The van der Waals surface area contributed by atoms with Gasteiger partial charge in [-0.2, -0.15) is 0 Å². The standard InChI is InChI=1S/C6H11O2PS.Au.44ClH/c1-6-2-4-9(5-3-6)10(6,7)8;;;;;;;;;;;;;;;;;;;;;;;;;;;;;;;;;;;;;;;;;;;;;/h2-5H2,1H3;;44*1H/q;+1;;;;;;;;;;;;;;;;;;;;;;;;;;;;;;;;;;;;;;;;;;;;/p-44. The van der Waals surface area contributed by atoms with Crippen LogP contribution >= 0.6 is 7.12 Å². The molecule has 2 fully saturated rings. The molecule has 49 heteroatoms. The van der Waals surface area contributed by atoms with Gasteiger partial charge in [0.25, 0.3) is 0 Å². The predicted octanol–water partition coefficient (Wildman–Crippen LogP) is -130. The maximum absolute atomic E-state index is 11.5. The van der Waals surface area contributed by atoms with Crippen LogP contribution in [0.4, 0.5) is 0 Å². The molecule has 0 spiro atoms. The summed E-state index contributed by atoms with van der Waals surface area (Å²) < 4.78 is 22.7. The van der Waals surface area contributed by atoms with Crippen molar-refractivity contribution in [3.05, 3.63) is 0 Å². The fourth-order valence-electron chi connectivity index (χ4n) is 1.77. The Balaban J connectivity index is -0.000000000640. The van der Waals surface area contributed by atoms with Gasteiger partial charge >= 0.3 is 22.4 Å². The van der Waals surface area contributed by atoms with Crippen molar-refractivity contribution >= 4 is 16.6 Å². The molecule has 55 heavy (non-hydrogen) atoms. The van der Waals surface area contributed by atoms with Crippen molar-refractivity contribution in [2.24, 2.45) is 0 Å². The molecule has 0 aliphatic carbocycles. The van der Waals surface area contributed by atoms with E-state index in [-0.39, 0.29) is 573 Å². The SMILES string of the molecule is CC12CCP(CC1)S2(=O)=O.[Au+].[Cl-].[Cl-].[Cl-].[Cl-].[Cl-].[Cl-].[Cl-].[Cl-].[Cl-].[Cl-].[Cl-].[Cl-].[Cl-].[Cl-].[Cl-].[Cl-].[Cl-].[Cl-].[Cl-].[Cl-].[Cl-].[Cl-].[Cl-].[Cl-].[Cl-].[Cl-].[Cl-].[Cl-].[Cl-].[Cl-].[Cl-].[Cl-].[Cl-].[Cl-].[Cl-].[Cl-].[Cl-].[Cl-].[Cl-].[Cl-].[Cl-].[Cl-].[Cl-].[Cl-]. The quantitative estimate of drug-likeness (QED) is 0.179. The summed E-state index contributed by atoms with van der Waals surface area (Å²) in [4.78, 5) is 0. The van der Waals surface area contributed by atoms with Gasteiger partial charge in [0, 0.05) is 7.12 Å². The third-order valence-corrected chi connectivity index (χ3v) is 11.0. The second-order valence-electron chi connectivity index (χ2n) is 3.35. The predicted molar refractivity (Wildman–Crippen MR) is 43.2 cm³/mol. The molecule has 0 aromatic carbocycles. The minimum atomic E-state index is -2.63. The molecule has 0 radical (unpaired) electrons. The van der Waals surface area contributed by atoms with Crippen LogP contribution in [0.15, 0.2) is 0 Å². The molecule has 0 N–H and O–H groups in total. The molecule has 2 heterocycles. The number of hydrogen-bond acceptors (Lipinski definition) is 2. The van der Waals surface area contributed by atoms with E-state index < -0.39 is 16.6 Å². The summed E-state index contributed by atoms with van der Waals surface area (Å²) in [5.41, 5.74) is 0. The monoisotopic (exact) mass is 1910 g/mol. The summed E-state index contributed by atoms with van der Waals surface area (Å²) in [6.07, 6.45) is 3.82. The summed E-state index contributed by atoms with van der Waals surface area (Å²) in [7, 11) is -3.22. The maximum atomic E-state index is 11.5. The summed E-state index contributed by atoms with van der Waals surface area (Å²) >= 11 is 0. The van der Waals surface area contributed by atoms with Gasteiger partial charge in [-0.05, 0) is 32.1 Å². The first kappa shape index (κ1) is 513. The Bertz CT molecular complexity index is 293. The van der Waals surface area contributed by atoms with Crippen molar-refractivity contribution in [1.82, 2.24) is 0 Å². The molecule has 0 aromatic rings. The molecular formula is C6H11AuCl44O2PS-43. The Morgan fingerprint density at radius 1 is 0.273 bits per heavy atom. The van der Waals surface area contributed by atoms with Crippen LogP contribution in [0.2, 0.25) is 0 Å². The van der Waals surface area contributed by atoms with Crippen LogP contribution in [0.1, 0.15) is 19.8 Å². The van der Waals surface area contributed by atoms with Gasteiger partial charge in [-0.3, -0.25) is 0 Å². The van der Waals surface area contributed by atoms with E-state index in [1.807, 2.05) is 6.92 Å². The Hall–Kier alpha value is 13.9. The first-order valence-electron chi connectivity index (χ1n) is 3.56. The molecule has 2 saturated heterocycles. The van der Waals surface area contributed by atoms with E-state index >= 15 is 0 Å². The first-order valence-corrected chi connectivity index (χ1v) is 7.36. The van der Waals surface area contributed by atoms with Crippen LogP contribution in [-0.2, 0) is 31.8 Å². The van der Waals surface area contributed by atoms with Crippen molar-refractivity contribution in [3.8, 4) is 0 Å². The van der Waals surface area contributed by atoms with Gasteiger partial charge in [-0.1, -0.05) is 0 Å². The van der Waals surface area contributed by atoms with Crippen molar-refractivity contribution in [2.75, 3.05) is 12.3 Å². The van der Waals surface area contributed by atoms with Gasteiger partial charge in [0.2, 0.25) is 0 Å². The zero-order chi connectivity index (χ0) is 7.41. The van der Waals surface area contributed by atoms with E-state index in [9.17, 15) is 8.42 Å². The fourth-order valence-corrected chi connectivity index (χ4v) is 10.0. The topological polar surface area (TPSA) is 34.1 Å². The minimum absolute atomic E-state index is 0. The fraction of sp³-hybridized carbons (Fsp3) is 1.00. The van der Waals surface area contributed by atoms with Gasteiger partial charge in [-0.25, -0.2) is 8.42 Å². The van der Waals surface area contributed by atoms with Gasteiger partial charge < -0.3 is 546 Å². The third-order valence-electron chi connectivity index (χ3n) is 2.74. The Morgan fingerprint density at radius 2 is 0.364 bits per heavy atom. The maximum Gasteiger partial charge on any atom is 1.00 e. The molecular weight excluding hydrogens is 1920 g/mol. The zero-order valence-corrected chi connectivity index (χ0v) is 60.1. The summed E-state index contributed by atoms with van der Waals surface area (Å²) in [5, 5.41) is 0. The van der Waals surface area contributed by atoms with Crippen molar-refractivity contribution < 1.29 is 577 Å². The molecule has 0 saturated carbocycles. The molecule has 2 rings (SSSR count). The average molecular weight is 1940 g/mol. The molecule has 0 amide bonds. The van der Waals surface area contributed by atoms with Gasteiger partial charge in [0.15, 0.2) is 9.46 Å². The average Bonchev–Trinajstić information content (AvgIpc) is 2.18. The van der Waals surface area contributed by atoms with Crippen LogP contribution in [0.3, 0.4) is 0 Å². The van der Waals surface area contributed by atoms with Crippen LogP contribution in [0.25, 0.3) is 0 Å². The van der Waals surface area contributed by atoms with Gasteiger partial charge in [-0.15, -0.1) is 0 Å². The van der Waals surface area contributed by atoms with E-state index in [1.165, 1.54) is 0 Å². The third kappa shape index (κ3) is 176. The van der Waals surface area contributed by atoms with E-state index in [2.05, 4.69) is 0 Å². The van der Waals surface area contributed by atoms with Crippen molar-refractivity contribution in [3.63, 3.8) is 0 Å². The molecule has 0 aromatic heterocycles. The molecule has 0 unspecified atom stereocenters. The van der Waals surface area contributed by atoms with Gasteiger partial charge in [0.1, 0.15) is 0 Å². The Morgan fingerprint density at radius 3 is 0.382 bits per heavy atom. The molecule has 2 nitrogen and oxygen atoms in total. The van der Waals surface area contributed by atoms with Gasteiger partial charge in [0.05, 0.1) is 4.75 Å². The van der Waals surface area contributed by atoms with E-state index in [4.69, 9.17) is 0 Å². The summed E-state index contributed by atoms with van der Waals surface area (Å²) in [6.45, 7) is 1.91. The van der Waals surface area contributed by atoms with E-state index in [1.54, 1.807) is 0 Å². The van der Waals surface area contributed by atoms with Crippen LogP contribution < -0.4 is 546 Å². The largest absolute Gasteiger partial charge is 1.00 e. The number of halogens is 44. The Kier molecular flexibility index (Phi) is 2620. The first-order chi connectivity index (χ1) is 4.56. The molecule has 2 aliphatic rings. The molecule has 2 aliphatic heterocycles. The minimum Gasteiger partial charge on any atom is -1.00 e. The van der Waals surface area contributed by atoms with Crippen molar-refractivity contribution in [1.29, 1.82) is 0 Å². The molecule has 2 bridgehead atoms. The molecule has 0 atom stereocenters. The summed E-state index contributed by atoms with van der Waals surface area (Å²) in [6, 6.07) is 0. The Labute approximate surface area is 619 Å². The van der Waals surface area contributed by atoms with Crippen LogP contribution in [-0.4, -0.2) is 25.5 Å². The van der Waals surface area contributed by atoms with Crippen molar-refractivity contribution in [2.45, 2.75) is 24.5 Å². The van der Waals surface area contributed by atoms with E-state index in [0.717, 1.165) is 25.2 Å². The second-order valence-corrected chi connectivity index (χ2v) is 10.1. The zero-order valence-electron chi connectivity index (χ0n) is 22.9. The second kappa shape index (κ2) is 281. The normalized spacial score (nSPS) is 9.07. The number of rotatable bonds is 0. The van der Waals surface area contributed by atoms with Crippen LogP contribution in [0, 0.1) is 0 Å². The van der Waals surface area contributed by atoms with Crippen LogP contribution in [0.5, 0.6) is 0 Å². The van der Waals surface area contributed by atoms with E-state index in [0.29, 0.717) is 0 Å². The number of fused-ring (bicyclic) bond motifs is 2.